The number of nitrogens with one attached hydrogen (secondary N) is 1. The maximum absolute atomic E-state index is 13.2. The molecule has 0 saturated carbocycles. The highest BCUT2D eigenvalue weighted by Crippen LogP contribution is 2.30. The van der Waals surface area contributed by atoms with E-state index in [-0.39, 0.29) is 5.91 Å². The van der Waals surface area contributed by atoms with E-state index in [4.69, 9.17) is 0 Å². The summed E-state index contributed by atoms with van der Waals surface area (Å²) >= 11 is 0. The zero-order chi connectivity index (χ0) is 30.5. The standard InChI is InChI=1S/C37H48N6O/c1-29-30(2)43(18-7-17-40-22-20-39(3)21-23-40)36-15-14-34(28-35(29)36)38-33-12-10-32(11-13-33)37(44)42-26-24-41(25-27-42)19-16-31-8-5-4-6-9-31/h4-6,8-15,28,38H,7,16-27H2,1-3H3. The van der Waals surface area contributed by atoms with E-state index in [1.54, 1.807) is 0 Å². The first kappa shape index (κ1) is 30.4. The molecule has 2 saturated heterocycles. The summed E-state index contributed by atoms with van der Waals surface area (Å²) in [5.74, 6) is 0.126. The fraction of sp³-hybridized carbons (Fsp3) is 0.432. The minimum absolute atomic E-state index is 0.126. The molecule has 1 amide bonds. The Morgan fingerprint density at radius 3 is 2.11 bits per heavy atom. The van der Waals surface area contributed by atoms with Crippen LogP contribution in [0.1, 0.15) is 33.6 Å². The Morgan fingerprint density at radius 1 is 0.727 bits per heavy atom. The van der Waals surface area contributed by atoms with Crippen LogP contribution in [0.25, 0.3) is 10.9 Å². The Kier molecular flexibility index (Phi) is 9.65. The van der Waals surface area contributed by atoms with Gasteiger partial charge in [-0.05, 0) is 93.9 Å². The predicted molar refractivity (Wildman–Crippen MR) is 182 cm³/mol. The van der Waals surface area contributed by atoms with Gasteiger partial charge in [-0.3, -0.25) is 9.69 Å². The lowest BCUT2D eigenvalue weighted by Gasteiger charge is -2.34. The molecule has 0 atom stereocenters. The molecule has 2 aliphatic heterocycles. The van der Waals surface area contributed by atoms with Crippen LogP contribution >= 0.6 is 0 Å². The van der Waals surface area contributed by atoms with Crippen molar-refractivity contribution < 1.29 is 4.79 Å². The first-order valence-corrected chi connectivity index (χ1v) is 16.4. The summed E-state index contributed by atoms with van der Waals surface area (Å²) in [5.41, 5.74) is 8.21. The first-order chi connectivity index (χ1) is 21.4. The number of hydrogen-bond acceptors (Lipinski definition) is 5. The second-order valence-electron chi connectivity index (χ2n) is 12.7. The Morgan fingerprint density at radius 2 is 1.39 bits per heavy atom. The third kappa shape index (κ3) is 7.17. The van der Waals surface area contributed by atoms with Gasteiger partial charge in [0.25, 0.3) is 5.91 Å². The summed E-state index contributed by atoms with van der Waals surface area (Å²) < 4.78 is 2.49. The summed E-state index contributed by atoms with van der Waals surface area (Å²) in [6.45, 7) is 15.9. The number of carbonyl (C=O) groups excluding carboxylic acids is 1. The minimum atomic E-state index is 0.126. The lowest BCUT2D eigenvalue weighted by molar-refractivity contribution is 0.0638. The molecule has 3 aromatic carbocycles. The topological polar surface area (TPSA) is 47.0 Å². The highest BCUT2D eigenvalue weighted by atomic mass is 16.2. The van der Waals surface area contributed by atoms with Crippen LogP contribution in [0.4, 0.5) is 11.4 Å². The Balaban J connectivity index is 1.02. The monoisotopic (exact) mass is 592 g/mol. The van der Waals surface area contributed by atoms with Gasteiger partial charge >= 0.3 is 0 Å². The molecule has 2 fully saturated rings. The molecule has 1 aromatic heterocycles. The first-order valence-electron chi connectivity index (χ1n) is 16.4. The van der Waals surface area contributed by atoms with Crippen LogP contribution in [0, 0.1) is 13.8 Å². The van der Waals surface area contributed by atoms with Crippen molar-refractivity contribution in [1.82, 2.24) is 24.2 Å². The number of likely N-dealkylation sites (N-methyl/N-ethyl adjacent to an activating group) is 1. The number of aryl methyl sites for hydroxylation is 2. The number of carbonyl (C=O) groups is 1. The van der Waals surface area contributed by atoms with Crippen LogP contribution in [-0.4, -0.2) is 103 Å². The Bertz CT molecular complexity index is 1530. The van der Waals surface area contributed by atoms with Gasteiger partial charge in [-0.2, -0.15) is 0 Å². The van der Waals surface area contributed by atoms with Crippen LogP contribution in [-0.2, 0) is 13.0 Å². The molecule has 6 rings (SSSR count). The third-order valence-corrected chi connectivity index (χ3v) is 9.73. The maximum atomic E-state index is 13.2. The van der Waals surface area contributed by atoms with Crippen LogP contribution in [0.3, 0.4) is 0 Å². The van der Waals surface area contributed by atoms with Crippen molar-refractivity contribution >= 4 is 28.2 Å². The molecule has 232 valence electrons. The normalized spacial score (nSPS) is 16.9. The van der Waals surface area contributed by atoms with Crippen molar-refractivity contribution in [3.05, 3.63) is 95.2 Å². The molecule has 7 nitrogen and oxygen atoms in total. The van der Waals surface area contributed by atoms with Crippen molar-refractivity contribution in [3.63, 3.8) is 0 Å². The fourth-order valence-corrected chi connectivity index (χ4v) is 6.69. The SMILES string of the molecule is Cc1c(C)n(CCCN2CCN(C)CC2)c2ccc(Nc3ccc(C(=O)N4CCN(CCc5ccccc5)CC4)cc3)cc12. The number of aromatic nitrogens is 1. The number of amides is 1. The largest absolute Gasteiger partial charge is 0.356 e. The second-order valence-corrected chi connectivity index (χ2v) is 12.7. The number of hydrogen-bond donors (Lipinski definition) is 1. The molecule has 44 heavy (non-hydrogen) atoms. The van der Waals surface area contributed by atoms with Gasteiger partial charge in [0.1, 0.15) is 0 Å². The molecular weight excluding hydrogens is 544 g/mol. The highest BCUT2D eigenvalue weighted by molar-refractivity contribution is 5.95. The van der Waals surface area contributed by atoms with Crippen LogP contribution < -0.4 is 5.32 Å². The molecule has 0 radical (unpaired) electrons. The molecule has 0 aliphatic carbocycles. The second kappa shape index (κ2) is 14.0. The van der Waals surface area contributed by atoms with Crippen molar-refractivity contribution in [1.29, 1.82) is 0 Å². The van der Waals surface area contributed by atoms with Gasteiger partial charge in [-0.25, -0.2) is 0 Å². The minimum Gasteiger partial charge on any atom is -0.356 e. The smallest absolute Gasteiger partial charge is 0.253 e. The molecule has 0 unspecified atom stereocenters. The molecule has 0 spiro atoms. The van der Waals surface area contributed by atoms with Gasteiger partial charge in [0.2, 0.25) is 0 Å². The Hall–Kier alpha value is -3.65. The molecule has 7 heteroatoms. The van der Waals surface area contributed by atoms with E-state index in [2.05, 4.69) is 94.0 Å². The molecule has 0 bridgehead atoms. The van der Waals surface area contributed by atoms with E-state index in [1.165, 1.54) is 60.3 Å². The highest BCUT2D eigenvalue weighted by Gasteiger charge is 2.22. The van der Waals surface area contributed by atoms with Gasteiger partial charge in [0, 0.05) is 99.0 Å². The Labute approximate surface area is 263 Å². The van der Waals surface area contributed by atoms with Crippen molar-refractivity contribution in [3.8, 4) is 0 Å². The summed E-state index contributed by atoms with van der Waals surface area (Å²) in [4.78, 5) is 22.7. The van der Waals surface area contributed by atoms with Gasteiger partial charge in [0.05, 0.1) is 0 Å². The summed E-state index contributed by atoms with van der Waals surface area (Å²) in [6.07, 6.45) is 2.22. The van der Waals surface area contributed by atoms with E-state index in [1.807, 2.05) is 29.2 Å². The molecule has 4 aromatic rings. The van der Waals surface area contributed by atoms with Crippen LogP contribution in [0.2, 0.25) is 0 Å². The van der Waals surface area contributed by atoms with E-state index in [0.717, 1.165) is 69.2 Å². The van der Waals surface area contributed by atoms with E-state index in [0.29, 0.717) is 0 Å². The average Bonchev–Trinajstić information content (AvgIpc) is 3.30. The number of benzene rings is 3. The quantitative estimate of drug-likeness (QED) is 0.258. The van der Waals surface area contributed by atoms with Gasteiger partial charge in [-0.15, -0.1) is 0 Å². The third-order valence-electron chi connectivity index (χ3n) is 9.73. The molecular formula is C37H48N6O. The van der Waals surface area contributed by atoms with Gasteiger partial charge < -0.3 is 24.6 Å². The lowest BCUT2D eigenvalue weighted by Crippen LogP contribution is -2.49. The zero-order valence-corrected chi connectivity index (χ0v) is 26.8. The fourth-order valence-electron chi connectivity index (χ4n) is 6.69. The number of nitrogens with zero attached hydrogens (tertiary/aromatic N) is 5. The van der Waals surface area contributed by atoms with Gasteiger partial charge in [-0.1, -0.05) is 30.3 Å². The van der Waals surface area contributed by atoms with Crippen molar-refractivity contribution in [2.45, 2.75) is 33.2 Å². The van der Waals surface area contributed by atoms with Crippen molar-refractivity contribution in [2.24, 2.45) is 0 Å². The average molecular weight is 593 g/mol. The van der Waals surface area contributed by atoms with Crippen LogP contribution in [0.5, 0.6) is 0 Å². The maximum Gasteiger partial charge on any atom is 0.253 e. The number of fused-ring (bicyclic) bond motifs is 1. The zero-order valence-electron chi connectivity index (χ0n) is 26.8. The van der Waals surface area contributed by atoms with E-state index in [9.17, 15) is 4.79 Å². The number of piperazine rings is 2. The van der Waals surface area contributed by atoms with E-state index < -0.39 is 0 Å². The number of anilines is 2. The van der Waals surface area contributed by atoms with Crippen LogP contribution in [0.15, 0.2) is 72.8 Å². The number of rotatable bonds is 10. The van der Waals surface area contributed by atoms with Gasteiger partial charge in [0.15, 0.2) is 0 Å². The molecule has 2 aliphatic rings. The lowest BCUT2D eigenvalue weighted by atomic mass is 10.1. The molecule has 1 N–H and O–H groups in total. The van der Waals surface area contributed by atoms with E-state index >= 15 is 0 Å². The predicted octanol–water partition coefficient (Wildman–Crippen LogP) is 5.64. The summed E-state index contributed by atoms with van der Waals surface area (Å²) in [7, 11) is 2.21. The molecule has 3 heterocycles. The summed E-state index contributed by atoms with van der Waals surface area (Å²) in [6, 6.07) is 25.3. The van der Waals surface area contributed by atoms with Crippen molar-refractivity contribution in [2.75, 3.05) is 77.8 Å². The summed E-state index contributed by atoms with van der Waals surface area (Å²) in [5, 5.41) is 4.88.